The highest BCUT2D eigenvalue weighted by Gasteiger charge is 2.10. The molecule has 1 N–H and O–H groups in total. The van der Waals surface area contributed by atoms with E-state index in [4.69, 9.17) is 4.74 Å². The van der Waals surface area contributed by atoms with E-state index in [1.165, 1.54) is 4.80 Å². The molecule has 3 aromatic rings. The molecule has 0 atom stereocenters. The van der Waals surface area contributed by atoms with Gasteiger partial charge in [0.25, 0.3) is 0 Å². The molecule has 0 spiro atoms. The van der Waals surface area contributed by atoms with Gasteiger partial charge in [-0.2, -0.15) is 0 Å². The molecule has 0 aliphatic rings. The van der Waals surface area contributed by atoms with E-state index in [2.05, 4.69) is 10.2 Å². The third-order valence-corrected chi connectivity index (χ3v) is 4.89. The summed E-state index contributed by atoms with van der Waals surface area (Å²) in [6, 6.07) is 11.2. The highest BCUT2D eigenvalue weighted by atomic mass is 32.2. The average molecular weight is 371 g/mol. The molecule has 0 aliphatic carbocycles. The fraction of sp³-hybridized carbons (Fsp3) is 0.316. The number of aromatic nitrogens is 3. The van der Waals surface area contributed by atoms with Gasteiger partial charge >= 0.3 is 5.97 Å². The van der Waals surface area contributed by atoms with Crippen molar-refractivity contribution in [2.75, 3.05) is 12.4 Å². The summed E-state index contributed by atoms with van der Waals surface area (Å²) in [6.07, 6.45) is 1.22. The number of ether oxygens (including phenoxy) is 1. The van der Waals surface area contributed by atoms with Crippen molar-refractivity contribution in [3.05, 3.63) is 42.0 Å². The van der Waals surface area contributed by atoms with E-state index in [0.717, 1.165) is 33.7 Å². The molecule has 0 amide bonds. The summed E-state index contributed by atoms with van der Waals surface area (Å²) in [6.45, 7) is 4.19. The lowest BCUT2D eigenvalue weighted by atomic mass is 10.2. The molecule has 0 unspecified atom stereocenters. The largest absolute Gasteiger partial charge is 0.506 e. The molecule has 3 rings (SSSR count). The summed E-state index contributed by atoms with van der Waals surface area (Å²) in [5.74, 6) is 0.842. The highest BCUT2D eigenvalue weighted by molar-refractivity contribution is 7.99. The molecule has 136 valence electrons. The van der Waals surface area contributed by atoms with Crippen LogP contribution >= 0.6 is 11.8 Å². The standard InChI is InChI=1S/C19H21N3O3S/c1-3-19(24)25-9-4-10-26-14-6-7-15-16(12-14)21-22(20-15)17-11-13(2)5-8-18(17)23/h5-8,11-12,23H,3-4,9-10H2,1-2H3. The molecule has 0 fully saturated rings. The minimum absolute atomic E-state index is 0.145. The van der Waals surface area contributed by atoms with Gasteiger partial charge in [0.2, 0.25) is 0 Å². The van der Waals surface area contributed by atoms with Gasteiger partial charge in [0.15, 0.2) is 0 Å². The topological polar surface area (TPSA) is 77.2 Å². The van der Waals surface area contributed by atoms with Crippen molar-refractivity contribution in [2.24, 2.45) is 0 Å². The first-order valence-corrected chi connectivity index (χ1v) is 9.51. The maximum Gasteiger partial charge on any atom is 0.305 e. The summed E-state index contributed by atoms with van der Waals surface area (Å²) in [5, 5.41) is 19.0. The van der Waals surface area contributed by atoms with Crippen LogP contribution in [0.25, 0.3) is 16.7 Å². The first-order chi connectivity index (χ1) is 12.6. The number of phenolic OH excluding ortho intramolecular Hbond substituents is 1. The van der Waals surface area contributed by atoms with Gasteiger partial charge in [-0.3, -0.25) is 4.79 Å². The smallest absolute Gasteiger partial charge is 0.305 e. The van der Waals surface area contributed by atoms with E-state index in [9.17, 15) is 9.90 Å². The Balaban J connectivity index is 1.68. The second-order valence-corrected chi connectivity index (χ2v) is 7.08. The van der Waals surface area contributed by atoms with Crippen molar-refractivity contribution >= 4 is 28.8 Å². The van der Waals surface area contributed by atoms with Crippen LogP contribution in [0.3, 0.4) is 0 Å². The van der Waals surface area contributed by atoms with Crippen molar-refractivity contribution in [1.29, 1.82) is 0 Å². The second kappa shape index (κ2) is 8.23. The van der Waals surface area contributed by atoms with E-state index in [1.54, 1.807) is 24.8 Å². The Hall–Kier alpha value is -2.54. The molecule has 0 aliphatic heterocycles. The van der Waals surface area contributed by atoms with Crippen LogP contribution in [0.4, 0.5) is 0 Å². The number of esters is 1. The van der Waals surface area contributed by atoms with Crippen LogP contribution in [-0.2, 0) is 9.53 Å². The van der Waals surface area contributed by atoms with Crippen molar-refractivity contribution in [1.82, 2.24) is 15.0 Å². The van der Waals surface area contributed by atoms with Gasteiger partial charge in [0, 0.05) is 17.1 Å². The first kappa shape index (κ1) is 18.3. The number of nitrogens with zero attached hydrogens (tertiary/aromatic N) is 3. The lowest BCUT2D eigenvalue weighted by Gasteiger charge is -2.03. The van der Waals surface area contributed by atoms with E-state index < -0.39 is 0 Å². The zero-order valence-electron chi connectivity index (χ0n) is 14.8. The SMILES string of the molecule is CCC(=O)OCCCSc1ccc2nn(-c3cc(C)ccc3O)nc2c1. The number of phenols is 1. The Labute approximate surface area is 156 Å². The maximum atomic E-state index is 11.1. The summed E-state index contributed by atoms with van der Waals surface area (Å²) in [5.41, 5.74) is 3.13. The van der Waals surface area contributed by atoms with E-state index >= 15 is 0 Å². The van der Waals surface area contributed by atoms with Gasteiger partial charge in [-0.15, -0.1) is 26.8 Å². The molecule has 0 saturated heterocycles. The summed E-state index contributed by atoms with van der Waals surface area (Å²) in [4.78, 5) is 13.6. The minimum atomic E-state index is -0.160. The van der Waals surface area contributed by atoms with Crippen molar-refractivity contribution < 1.29 is 14.6 Å². The fourth-order valence-electron chi connectivity index (χ4n) is 2.42. The number of aryl methyl sites for hydroxylation is 1. The number of hydrogen-bond acceptors (Lipinski definition) is 6. The molecule has 1 heterocycles. The number of rotatable bonds is 7. The second-order valence-electron chi connectivity index (χ2n) is 5.91. The van der Waals surface area contributed by atoms with Crippen molar-refractivity contribution in [3.63, 3.8) is 0 Å². The Morgan fingerprint density at radius 3 is 2.81 bits per heavy atom. The van der Waals surface area contributed by atoms with Crippen LogP contribution in [0.5, 0.6) is 5.75 Å². The summed E-state index contributed by atoms with van der Waals surface area (Å²) >= 11 is 1.69. The van der Waals surface area contributed by atoms with Gasteiger partial charge in [0.1, 0.15) is 22.5 Å². The predicted octanol–water partition coefficient (Wildman–Crippen LogP) is 3.87. The van der Waals surface area contributed by atoms with Crippen molar-refractivity contribution in [3.8, 4) is 11.4 Å². The number of hydrogen-bond donors (Lipinski definition) is 1. The third kappa shape index (κ3) is 4.35. The van der Waals surface area contributed by atoms with Gasteiger partial charge in [-0.1, -0.05) is 13.0 Å². The molecular formula is C19H21N3O3S. The highest BCUT2D eigenvalue weighted by Crippen LogP contribution is 2.25. The quantitative estimate of drug-likeness (QED) is 0.386. The molecule has 26 heavy (non-hydrogen) atoms. The number of carbonyl (C=O) groups excluding carboxylic acids is 1. The molecule has 2 aromatic carbocycles. The van der Waals surface area contributed by atoms with E-state index in [1.807, 2.05) is 37.3 Å². The minimum Gasteiger partial charge on any atom is -0.506 e. The number of benzene rings is 2. The first-order valence-electron chi connectivity index (χ1n) is 8.52. The Morgan fingerprint density at radius 2 is 2.00 bits per heavy atom. The molecule has 0 radical (unpaired) electrons. The fourth-order valence-corrected chi connectivity index (χ4v) is 3.28. The Kier molecular flexibility index (Phi) is 5.78. The molecule has 6 nitrogen and oxygen atoms in total. The van der Waals surface area contributed by atoms with Gasteiger partial charge in [-0.25, -0.2) is 0 Å². The zero-order valence-corrected chi connectivity index (χ0v) is 15.6. The number of fused-ring (bicyclic) bond motifs is 1. The number of aromatic hydroxyl groups is 1. The van der Waals surface area contributed by atoms with Crippen LogP contribution in [0.1, 0.15) is 25.3 Å². The van der Waals surface area contributed by atoms with Crippen LogP contribution in [0.2, 0.25) is 0 Å². The van der Waals surface area contributed by atoms with Crippen LogP contribution in [0.15, 0.2) is 41.3 Å². The van der Waals surface area contributed by atoms with Crippen molar-refractivity contribution in [2.45, 2.75) is 31.6 Å². The molecule has 0 saturated carbocycles. The molecule has 1 aromatic heterocycles. The van der Waals surface area contributed by atoms with Gasteiger partial charge in [0.05, 0.1) is 6.61 Å². The normalized spacial score (nSPS) is 11.0. The Morgan fingerprint density at radius 1 is 1.19 bits per heavy atom. The maximum absolute atomic E-state index is 11.1. The monoisotopic (exact) mass is 371 g/mol. The summed E-state index contributed by atoms with van der Waals surface area (Å²) < 4.78 is 5.07. The van der Waals surface area contributed by atoms with E-state index in [-0.39, 0.29) is 11.7 Å². The lowest BCUT2D eigenvalue weighted by molar-refractivity contribution is -0.143. The Bertz CT molecular complexity index is 924. The van der Waals surface area contributed by atoms with Crippen LogP contribution < -0.4 is 0 Å². The molecule has 0 bridgehead atoms. The molecule has 7 heteroatoms. The van der Waals surface area contributed by atoms with Crippen LogP contribution in [0, 0.1) is 6.92 Å². The third-order valence-electron chi connectivity index (χ3n) is 3.81. The average Bonchev–Trinajstić information content (AvgIpc) is 3.06. The number of carbonyl (C=O) groups is 1. The predicted molar refractivity (Wildman–Crippen MR) is 102 cm³/mol. The lowest BCUT2D eigenvalue weighted by Crippen LogP contribution is -2.04. The van der Waals surface area contributed by atoms with Gasteiger partial charge < -0.3 is 9.84 Å². The zero-order chi connectivity index (χ0) is 18.5. The van der Waals surface area contributed by atoms with Crippen LogP contribution in [-0.4, -0.2) is 38.4 Å². The van der Waals surface area contributed by atoms with E-state index in [0.29, 0.717) is 18.7 Å². The van der Waals surface area contributed by atoms with Gasteiger partial charge in [-0.05, 0) is 49.2 Å². The number of thioether (sulfide) groups is 1. The molecular weight excluding hydrogens is 350 g/mol. The summed E-state index contributed by atoms with van der Waals surface area (Å²) in [7, 11) is 0.